The third kappa shape index (κ3) is 1.63. The molecule has 4 bridgehead atoms. The Morgan fingerprint density at radius 3 is 1.88 bits per heavy atom. The molecule has 2 heteroatoms. The lowest BCUT2D eigenvalue weighted by Gasteiger charge is -2.57. The van der Waals surface area contributed by atoms with Crippen molar-refractivity contribution in [2.45, 2.75) is 57.4 Å². The molecule has 0 saturated heterocycles. The maximum atomic E-state index is 12.2. The zero-order valence-electron chi connectivity index (χ0n) is 10.7. The van der Waals surface area contributed by atoms with Crippen molar-refractivity contribution in [3.8, 4) is 0 Å². The fraction of sp³-hybridized carbons (Fsp3) is 0.933. The van der Waals surface area contributed by atoms with Crippen molar-refractivity contribution in [1.82, 2.24) is 5.32 Å². The van der Waals surface area contributed by atoms with Crippen LogP contribution in [0.25, 0.3) is 0 Å². The van der Waals surface area contributed by atoms with E-state index in [1.54, 1.807) is 0 Å². The zero-order valence-corrected chi connectivity index (χ0v) is 10.7. The predicted octanol–water partition coefficient (Wildman–Crippen LogP) is 2.73. The Morgan fingerprint density at radius 2 is 1.47 bits per heavy atom. The van der Waals surface area contributed by atoms with Gasteiger partial charge in [-0.25, -0.2) is 0 Å². The van der Waals surface area contributed by atoms with E-state index in [1.165, 1.54) is 38.5 Å². The molecule has 2 nitrogen and oxygen atoms in total. The summed E-state index contributed by atoms with van der Waals surface area (Å²) in [5.74, 6) is 4.15. The number of hydrogen-bond acceptors (Lipinski definition) is 1. The molecule has 17 heavy (non-hydrogen) atoms. The van der Waals surface area contributed by atoms with Gasteiger partial charge in [-0.2, -0.15) is 0 Å². The Kier molecular flexibility index (Phi) is 2.00. The first-order valence-electron chi connectivity index (χ1n) is 7.45. The van der Waals surface area contributed by atoms with Crippen LogP contribution in [0.3, 0.4) is 0 Å². The first-order chi connectivity index (χ1) is 8.13. The Morgan fingerprint density at radius 1 is 1.00 bits per heavy atom. The number of amides is 1. The molecule has 5 fully saturated rings. The summed E-state index contributed by atoms with van der Waals surface area (Å²) in [5, 5.41) is 3.48. The van der Waals surface area contributed by atoms with Crippen molar-refractivity contribution in [3.05, 3.63) is 0 Å². The average molecular weight is 233 g/mol. The Hall–Kier alpha value is -0.530. The molecular weight excluding hydrogens is 210 g/mol. The molecule has 0 aliphatic heterocycles. The molecule has 5 aliphatic carbocycles. The van der Waals surface area contributed by atoms with E-state index in [0.717, 1.165) is 24.2 Å². The molecular formula is C15H23NO. The molecule has 0 radical (unpaired) electrons. The number of hydrogen-bond donors (Lipinski definition) is 1. The molecule has 0 heterocycles. The van der Waals surface area contributed by atoms with Crippen molar-refractivity contribution >= 4 is 5.91 Å². The fourth-order valence-corrected chi connectivity index (χ4v) is 5.31. The minimum atomic E-state index is 0.230. The van der Waals surface area contributed by atoms with Crippen LogP contribution in [0, 0.1) is 29.6 Å². The van der Waals surface area contributed by atoms with Gasteiger partial charge in [0.2, 0.25) is 5.91 Å². The molecule has 5 rings (SSSR count). The van der Waals surface area contributed by atoms with Crippen LogP contribution in [0.4, 0.5) is 0 Å². The summed E-state index contributed by atoms with van der Waals surface area (Å²) in [4.78, 5) is 12.2. The number of carbonyl (C=O) groups is 1. The van der Waals surface area contributed by atoms with Gasteiger partial charge in [-0.1, -0.05) is 6.92 Å². The number of nitrogens with one attached hydrogen (secondary N) is 1. The largest absolute Gasteiger partial charge is 0.350 e. The van der Waals surface area contributed by atoms with E-state index in [9.17, 15) is 4.79 Å². The van der Waals surface area contributed by atoms with Crippen LogP contribution in [-0.4, -0.2) is 11.4 Å². The van der Waals surface area contributed by atoms with Crippen molar-refractivity contribution in [3.63, 3.8) is 0 Å². The Bertz CT molecular complexity index is 327. The molecule has 0 spiro atoms. The smallest absolute Gasteiger partial charge is 0.223 e. The van der Waals surface area contributed by atoms with Gasteiger partial charge in [0.15, 0.2) is 0 Å². The lowest BCUT2D eigenvalue weighted by molar-refractivity contribution is -0.128. The maximum Gasteiger partial charge on any atom is 0.223 e. The maximum absolute atomic E-state index is 12.2. The second-order valence-electron chi connectivity index (χ2n) is 7.51. The van der Waals surface area contributed by atoms with Gasteiger partial charge < -0.3 is 5.32 Å². The summed E-state index contributed by atoms with van der Waals surface area (Å²) in [6.45, 7) is 2.20. The van der Waals surface area contributed by atoms with E-state index in [0.29, 0.717) is 17.7 Å². The van der Waals surface area contributed by atoms with E-state index in [4.69, 9.17) is 0 Å². The van der Waals surface area contributed by atoms with Gasteiger partial charge in [0, 0.05) is 11.5 Å². The van der Waals surface area contributed by atoms with E-state index in [2.05, 4.69) is 12.2 Å². The molecule has 0 unspecified atom stereocenters. The molecule has 0 aromatic carbocycles. The van der Waals surface area contributed by atoms with Crippen molar-refractivity contribution in [2.75, 3.05) is 0 Å². The summed E-state index contributed by atoms with van der Waals surface area (Å²) in [6, 6.07) is 0. The van der Waals surface area contributed by atoms with Gasteiger partial charge >= 0.3 is 0 Å². The Labute approximate surface area is 104 Å². The van der Waals surface area contributed by atoms with Crippen molar-refractivity contribution in [1.29, 1.82) is 0 Å². The topological polar surface area (TPSA) is 29.1 Å². The summed E-state index contributed by atoms with van der Waals surface area (Å²) in [5.41, 5.74) is 0.230. The van der Waals surface area contributed by atoms with E-state index >= 15 is 0 Å². The average Bonchev–Trinajstić information content (AvgIpc) is 2.92. The van der Waals surface area contributed by atoms with Crippen LogP contribution in [0.1, 0.15) is 51.9 Å². The first kappa shape index (κ1) is 10.4. The highest BCUT2D eigenvalue weighted by molar-refractivity contribution is 5.82. The van der Waals surface area contributed by atoms with E-state index in [-0.39, 0.29) is 5.54 Å². The summed E-state index contributed by atoms with van der Waals surface area (Å²) in [6.07, 6.45) is 9.33. The monoisotopic (exact) mass is 233 g/mol. The highest BCUT2D eigenvalue weighted by atomic mass is 16.2. The second-order valence-corrected chi connectivity index (χ2v) is 7.51. The summed E-state index contributed by atoms with van der Waals surface area (Å²) < 4.78 is 0. The zero-order chi connectivity index (χ0) is 11.6. The van der Waals surface area contributed by atoms with E-state index < -0.39 is 0 Å². The van der Waals surface area contributed by atoms with Gasteiger partial charge in [-0.05, 0) is 68.6 Å². The van der Waals surface area contributed by atoms with Crippen LogP contribution in [0.2, 0.25) is 0 Å². The van der Waals surface area contributed by atoms with Crippen LogP contribution >= 0.6 is 0 Å². The Balaban J connectivity index is 1.51. The standard InChI is InChI=1S/C15H23NO/c1-9-2-13(9)14(17)16-15-6-10-3-11(7-15)5-12(4-10)8-15/h9-13H,2-8H2,1H3,(H,16,17)/t9-,10?,11?,12?,13+,15?/m0/s1. The molecule has 5 aliphatic rings. The molecule has 0 aromatic rings. The van der Waals surface area contributed by atoms with Crippen LogP contribution in [0.5, 0.6) is 0 Å². The summed E-state index contributed by atoms with van der Waals surface area (Å²) >= 11 is 0. The number of rotatable bonds is 2. The molecule has 0 aromatic heterocycles. The highest BCUT2D eigenvalue weighted by Crippen LogP contribution is 2.56. The normalized spacial score (nSPS) is 54.8. The van der Waals surface area contributed by atoms with Gasteiger partial charge in [0.05, 0.1) is 0 Å². The molecule has 1 N–H and O–H groups in total. The molecule has 94 valence electrons. The van der Waals surface area contributed by atoms with Crippen LogP contribution in [-0.2, 0) is 4.79 Å². The lowest BCUT2D eigenvalue weighted by Crippen LogP contribution is -2.60. The summed E-state index contributed by atoms with van der Waals surface area (Å²) in [7, 11) is 0. The van der Waals surface area contributed by atoms with Crippen molar-refractivity contribution < 1.29 is 4.79 Å². The third-order valence-corrected chi connectivity index (χ3v) is 5.87. The lowest BCUT2D eigenvalue weighted by atomic mass is 9.53. The second kappa shape index (κ2) is 3.27. The molecule has 5 saturated carbocycles. The SMILES string of the molecule is C[C@H]1C[C@H]1C(=O)NC12CC3CC(CC(C3)C1)C2. The predicted molar refractivity (Wildman–Crippen MR) is 66.3 cm³/mol. The minimum Gasteiger partial charge on any atom is -0.350 e. The van der Waals surface area contributed by atoms with Crippen LogP contribution in [0.15, 0.2) is 0 Å². The van der Waals surface area contributed by atoms with Gasteiger partial charge in [-0.15, -0.1) is 0 Å². The number of carbonyl (C=O) groups excluding carboxylic acids is 1. The van der Waals surface area contributed by atoms with Gasteiger partial charge in [0.25, 0.3) is 0 Å². The van der Waals surface area contributed by atoms with Crippen LogP contribution < -0.4 is 5.32 Å². The van der Waals surface area contributed by atoms with E-state index in [1.807, 2.05) is 0 Å². The van der Waals surface area contributed by atoms with Gasteiger partial charge in [-0.3, -0.25) is 4.79 Å². The third-order valence-electron chi connectivity index (χ3n) is 5.87. The fourth-order valence-electron chi connectivity index (χ4n) is 5.31. The van der Waals surface area contributed by atoms with Crippen molar-refractivity contribution in [2.24, 2.45) is 29.6 Å². The minimum absolute atomic E-state index is 0.230. The first-order valence-corrected chi connectivity index (χ1v) is 7.45. The highest BCUT2D eigenvalue weighted by Gasteiger charge is 2.52. The van der Waals surface area contributed by atoms with Gasteiger partial charge in [0.1, 0.15) is 0 Å². The molecule has 2 atom stereocenters. The quantitative estimate of drug-likeness (QED) is 0.780. The molecule has 1 amide bonds.